The van der Waals surface area contributed by atoms with Crippen LogP contribution in [0.5, 0.6) is 0 Å². The van der Waals surface area contributed by atoms with Gasteiger partial charge in [-0.25, -0.2) is 0 Å². The van der Waals surface area contributed by atoms with Gasteiger partial charge in [0, 0.05) is 38.9 Å². The van der Waals surface area contributed by atoms with E-state index in [9.17, 15) is 4.79 Å². The molecule has 1 N–H and O–H groups in total. The minimum absolute atomic E-state index is 0.0124. The summed E-state index contributed by atoms with van der Waals surface area (Å²) in [6, 6.07) is 0. The van der Waals surface area contributed by atoms with Crippen molar-refractivity contribution in [1.29, 1.82) is 0 Å². The van der Waals surface area contributed by atoms with Crippen LogP contribution in [0.2, 0.25) is 0 Å². The second-order valence-corrected chi connectivity index (χ2v) is 8.33. The summed E-state index contributed by atoms with van der Waals surface area (Å²) >= 11 is 0. The van der Waals surface area contributed by atoms with Crippen molar-refractivity contribution < 1.29 is 14.3 Å². The highest BCUT2D eigenvalue weighted by molar-refractivity contribution is 5.94. The Balaban J connectivity index is 1.44. The van der Waals surface area contributed by atoms with E-state index in [4.69, 9.17) is 9.47 Å². The second-order valence-electron chi connectivity index (χ2n) is 8.33. The van der Waals surface area contributed by atoms with Gasteiger partial charge in [-0.2, -0.15) is 5.10 Å². The number of aromatic nitrogens is 2. The highest BCUT2D eigenvalue weighted by Gasteiger charge is 2.28. The van der Waals surface area contributed by atoms with Crippen LogP contribution in [-0.4, -0.2) is 67.1 Å². The third-order valence-corrected chi connectivity index (χ3v) is 6.51. The van der Waals surface area contributed by atoms with Crippen molar-refractivity contribution >= 4 is 11.6 Å². The van der Waals surface area contributed by atoms with Gasteiger partial charge in [0.1, 0.15) is 0 Å². The molecule has 0 radical (unpaired) electrons. The first-order chi connectivity index (χ1) is 14.1. The van der Waals surface area contributed by atoms with Crippen molar-refractivity contribution in [2.24, 2.45) is 11.8 Å². The molecule has 2 saturated heterocycles. The Bertz CT molecular complexity index is 661. The summed E-state index contributed by atoms with van der Waals surface area (Å²) < 4.78 is 11.1. The number of methoxy groups -OCH3 is 1. The Labute approximate surface area is 174 Å². The zero-order valence-corrected chi connectivity index (χ0v) is 18.2. The van der Waals surface area contributed by atoms with E-state index in [2.05, 4.69) is 15.5 Å². The van der Waals surface area contributed by atoms with E-state index in [1.807, 2.05) is 18.7 Å². The van der Waals surface area contributed by atoms with Gasteiger partial charge < -0.3 is 19.7 Å². The first kappa shape index (κ1) is 22.0. The van der Waals surface area contributed by atoms with Gasteiger partial charge in [0.2, 0.25) is 0 Å². The van der Waals surface area contributed by atoms with Gasteiger partial charge in [-0.15, -0.1) is 5.10 Å². The van der Waals surface area contributed by atoms with Crippen LogP contribution in [0.15, 0.2) is 6.20 Å². The van der Waals surface area contributed by atoms with E-state index in [-0.39, 0.29) is 12.0 Å². The van der Waals surface area contributed by atoms with Crippen molar-refractivity contribution in [2.45, 2.75) is 58.5 Å². The molecule has 7 nitrogen and oxygen atoms in total. The molecule has 0 bridgehead atoms. The molecule has 0 saturated carbocycles. The molecule has 2 unspecified atom stereocenters. The second kappa shape index (κ2) is 10.9. The number of nitrogens with zero attached hydrogens (tertiary/aromatic N) is 3. The summed E-state index contributed by atoms with van der Waals surface area (Å²) in [5.74, 6) is 1.35. The fourth-order valence-corrected chi connectivity index (χ4v) is 4.61. The number of amides is 1. The molecule has 1 amide bonds. The quantitative estimate of drug-likeness (QED) is 0.716. The van der Waals surface area contributed by atoms with Gasteiger partial charge in [0.15, 0.2) is 5.69 Å². The average Bonchev–Trinajstić information content (AvgIpc) is 2.76. The largest absolute Gasteiger partial charge is 0.384 e. The van der Waals surface area contributed by atoms with Gasteiger partial charge in [0.25, 0.3) is 5.91 Å². The number of anilines is 1. The van der Waals surface area contributed by atoms with Crippen LogP contribution in [0.4, 0.5) is 5.69 Å². The molecule has 2 aliphatic rings. The molecule has 2 aliphatic heterocycles. The summed E-state index contributed by atoms with van der Waals surface area (Å²) in [6.07, 6.45) is 8.90. The lowest BCUT2D eigenvalue weighted by Crippen LogP contribution is -2.39. The van der Waals surface area contributed by atoms with Crippen LogP contribution >= 0.6 is 0 Å². The molecule has 3 rings (SSSR count). The number of nitrogens with one attached hydrogen (secondary N) is 1. The number of hydrogen-bond donors (Lipinski definition) is 1. The van der Waals surface area contributed by atoms with Crippen LogP contribution in [0, 0.1) is 18.8 Å². The highest BCUT2D eigenvalue weighted by atomic mass is 16.5. The predicted molar refractivity (Wildman–Crippen MR) is 113 cm³/mol. The number of ether oxygens (including phenoxy) is 2. The average molecular weight is 405 g/mol. The van der Waals surface area contributed by atoms with Crippen molar-refractivity contribution in [1.82, 2.24) is 15.1 Å². The molecule has 2 atom stereocenters. The first-order valence-corrected chi connectivity index (χ1v) is 11.1. The standard InChI is InChI=1S/C22H36N4O3/c1-4-23-19-14-24-25-21(16(19)2)22(27)26-11-8-17(9-12-26)6-5-7-18-10-13-29-15-20(18)28-3/h14,17-18,20H,4-13,15H2,1-3H3,(H,23,25). The van der Waals surface area contributed by atoms with E-state index in [0.29, 0.717) is 17.5 Å². The molecule has 162 valence electrons. The smallest absolute Gasteiger partial charge is 0.274 e. The van der Waals surface area contributed by atoms with Gasteiger partial charge >= 0.3 is 0 Å². The van der Waals surface area contributed by atoms with Gasteiger partial charge in [-0.05, 0) is 51.4 Å². The van der Waals surface area contributed by atoms with Crippen LogP contribution in [0.25, 0.3) is 0 Å². The third kappa shape index (κ3) is 5.66. The minimum atomic E-state index is 0.0124. The number of hydrogen-bond acceptors (Lipinski definition) is 6. The summed E-state index contributed by atoms with van der Waals surface area (Å²) in [5, 5.41) is 11.4. The number of likely N-dealkylation sites (tertiary alicyclic amines) is 1. The highest BCUT2D eigenvalue weighted by Crippen LogP contribution is 2.28. The first-order valence-electron chi connectivity index (χ1n) is 11.1. The lowest BCUT2D eigenvalue weighted by atomic mass is 9.86. The summed E-state index contributed by atoms with van der Waals surface area (Å²) in [6.45, 7) is 7.99. The maximum Gasteiger partial charge on any atom is 0.274 e. The van der Waals surface area contributed by atoms with Crippen molar-refractivity contribution in [3.8, 4) is 0 Å². The van der Waals surface area contributed by atoms with Crippen LogP contribution in [-0.2, 0) is 9.47 Å². The number of carbonyl (C=O) groups excluding carboxylic acids is 1. The fourth-order valence-electron chi connectivity index (χ4n) is 4.61. The Morgan fingerprint density at radius 2 is 2.10 bits per heavy atom. The number of piperidine rings is 1. The number of carbonyl (C=O) groups is 1. The lowest BCUT2D eigenvalue weighted by molar-refractivity contribution is -0.0680. The maximum absolute atomic E-state index is 12.9. The van der Waals surface area contributed by atoms with Crippen molar-refractivity contribution in [3.63, 3.8) is 0 Å². The number of rotatable bonds is 8. The summed E-state index contributed by atoms with van der Waals surface area (Å²) in [4.78, 5) is 14.9. The minimum Gasteiger partial charge on any atom is -0.384 e. The normalized spacial score (nSPS) is 23.2. The lowest BCUT2D eigenvalue weighted by Gasteiger charge is -2.33. The molecule has 0 aromatic carbocycles. The fraction of sp³-hybridized carbons (Fsp3) is 0.773. The molecular formula is C22H36N4O3. The Kier molecular flexibility index (Phi) is 8.24. The molecule has 1 aromatic rings. The zero-order valence-electron chi connectivity index (χ0n) is 18.2. The topological polar surface area (TPSA) is 76.6 Å². The molecule has 0 aliphatic carbocycles. The van der Waals surface area contributed by atoms with Gasteiger partial charge in [-0.3, -0.25) is 4.79 Å². The van der Waals surface area contributed by atoms with E-state index in [1.165, 1.54) is 19.3 Å². The third-order valence-electron chi connectivity index (χ3n) is 6.51. The van der Waals surface area contributed by atoms with Crippen molar-refractivity contribution in [2.75, 3.05) is 45.3 Å². The van der Waals surface area contributed by atoms with Crippen LogP contribution < -0.4 is 5.32 Å². The van der Waals surface area contributed by atoms with E-state index < -0.39 is 0 Å². The molecular weight excluding hydrogens is 368 g/mol. The summed E-state index contributed by atoms with van der Waals surface area (Å²) in [7, 11) is 1.79. The summed E-state index contributed by atoms with van der Waals surface area (Å²) in [5.41, 5.74) is 2.26. The molecule has 2 fully saturated rings. The monoisotopic (exact) mass is 404 g/mol. The maximum atomic E-state index is 12.9. The Morgan fingerprint density at radius 1 is 1.31 bits per heavy atom. The van der Waals surface area contributed by atoms with E-state index in [0.717, 1.165) is 63.4 Å². The van der Waals surface area contributed by atoms with Crippen molar-refractivity contribution in [3.05, 3.63) is 17.5 Å². The van der Waals surface area contributed by atoms with Crippen LogP contribution in [0.3, 0.4) is 0 Å². The SMILES string of the molecule is CCNc1cnnc(C(=O)N2CCC(CCCC3CCOCC3OC)CC2)c1C. The Morgan fingerprint density at radius 3 is 2.83 bits per heavy atom. The molecule has 3 heterocycles. The van der Waals surface area contributed by atoms with Gasteiger partial charge in [-0.1, -0.05) is 12.8 Å². The molecule has 7 heteroatoms. The molecule has 1 aromatic heterocycles. The molecule has 29 heavy (non-hydrogen) atoms. The molecule has 0 spiro atoms. The van der Waals surface area contributed by atoms with Crippen LogP contribution in [0.1, 0.15) is 61.5 Å². The van der Waals surface area contributed by atoms with E-state index >= 15 is 0 Å². The predicted octanol–water partition coefficient (Wildman–Crippen LogP) is 3.29. The van der Waals surface area contributed by atoms with Gasteiger partial charge in [0.05, 0.1) is 24.6 Å². The van der Waals surface area contributed by atoms with E-state index in [1.54, 1.807) is 13.3 Å². The zero-order chi connectivity index (χ0) is 20.6. The Hall–Kier alpha value is -1.73.